The maximum Gasteiger partial charge on any atom is 0.225 e. The molecule has 1 atom stereocenters. The van der Waals surface area contributed by atoms with Crippen molar-refractivity contribution < 1.29 is 9.59 Å². The Morgan fingerprint density at radius 1 is 1.10 bits per heavy atom. The minimum absolute atomic E-state index is 0.00639. The molecule has 1 fully saturated rings. The van der Waals surface area contributed by atoms with Gasteiger partial charge in [0.15, 0.2) is 0 Å². The highest BCUT2D eigenvalue weighted by Gasteiger charge is 2.33. The van der Waals surface area contributed by atoms with E-state index in [0.29, 0.717) is 26.1 Å². The summed E-state index contributed by atoms with van der Waals surface area (Å²) in [6.07, 6.45) is 2.05. The molecule has 5 nitrogen and oxygen atoms in total. The fourth-order valence-corrected chi connectivity index (χ4v) is 3.86. The Bertz CT molecular complexity index is 820. The van der Waals surface area contributed by atoms with E-state index in [0.717, 1.165) is 25.9 Å². The minimum atomic E-state index is -0.224. The number of carbonyl (C=O) groups excluding carboxylic acids is 2. The molecule has 5 heteroatoms. The number of rotatable bonds is 10. The molecule has 0 aliphatic carbocycles. The highest BCUT2D eigenvalue weighted by molar-refractivity contribution is 5.89. The van der Waals surface area contributed by atoms with Gasteiger partial charge in [0.05, 0.1) is 5.92 Å². The zero-order valence-corrected chi connectivity index (χ0v) is 18.1. The molecule has 1 aliphatic heterocycles. The standard InChI is InChI=1S/C25H33N3O2/c1-20-9-11-21(12-10-20)13-16-28-19-23(17-24(28)29)25(30)26-14-6-15-27(2)18-22-7-4-3-5-8-22/h3-5,7-12,23H,6,13-19H2,1-2H3,(H,26,30)/t23-/m0/s1. The molecule has 1 saturated heterocycles. The van der Waals surface area contributed by atoms with Gasteiger partial charge in [0, 0.05) is 32.6 Å². The lowest BCUT2D eigenvalue weighted by Gasteiger charge is -2.18. The number of benzene rings is 2. The largest absolute Gasteiger partial charge is 0.356 e. The Morgan fingerprint density at radius 3 is 2.57 bits per heavy atom. The molecule has 1 aliphatic rings. The molecule has 2 aromatic carbocycles. The van der Waals surface area contributed by atoms with Crippen LogP contribution in [0.5, 0.6) is 0 Å². The average Bonchev–Trinajstić information content (AvgIpc) is 3.12. The Balaban J connectivity index is 1.33. The van der Waals surface area contributed by atoms with Crippen molar-refractivity contribution in [2.45, 2.75) is 32.7 Å². The van der Waals surface area contributed by atoms with Crippen molar-refractivity contribution >= 4 is 11.8 Å². The van der Waals surface area contributed by atoms with Gasteiger partial charge in [0.2, 0.25) is 11.8 Å². The molecule has 0 unspecified atom stereocenters. The molecule has 2 amide bonds. The monoisotopic (exact) mass is 407 g/mol. The van der Waals surface area contributed by atoms with Gasteiger partial charge in [0.25, 0.3) is 0 Å². The third-order valence-electron chi connectivity index (χ3n) is 5.69. The summed E-state index contributed by atoms with van der Waals surface area (Å²) in [5.74, 6) is -0.130. The first kappa shape index (κ1) is 22.0. The van der Waals surface area contributed by atoms with Crippen molar-refractivity contribution in [2.24, 2.45) is 5.92 Å². The van der Waals surface area contributed by atoms with Crippen LogP contribution in [-0.2, 0) is 22.6 Å². The van der Waals surface area contributed by atoms with Crippen LogP contribution in [0, 0.1) is 12.8 Å². The molecule has 0 saturated carbocycles. The fraction of sp³-hybridized carbons (Fsp3) is 0.440. The second-order valence-electron chi connectivity index (χ2n) is 8.34. The van der Waals surface area contributed by atoms with E-state index in [1.807, 2.05) is 11.0 Å². The van der Waals surface area contributed by atoms with Crippen LogP contribution in [0.1, 0.15) is 29.5 Å². The first-order chi connectivity index (χ1) is 14.5. The third-order valence-corrected chi connectivity index (χ3v) is 5.69. The molecule has 30 heavy (non-hydrogen) atoms. The number of nitrogens with zero attached hydrogens (tertiary/aromatic N) is 2. The summed E-state index contributed by atoms with van der Waals surface area (Å²) in [4.78, 5) is 28.9. The van der Waals surface area contributed by atoms with Gasteiger partial charge >= 0.3 is 0 Å². The smallest absolute Gasteiger partial charge is 0.225 e. The van der Waals surface area contributed by atoms with E-state index in [1.165, 1.54) is 16.7 Å². The molecule has 0 spiro atoms. The lowest BCUT2D eigenvalue weighted by atomic mass is 10.1. The summed E-state index contributed by atoms with van der Waals surface area (Å²) in [5.41, 5.74) is 3.75. The SMILES string of the molecule is Cc1ccc(CCN2C[C@@H](C(=O)NCCCN(C)Cc3ccccc3)CC2=O)cc1. The number of hydrogen-bond donors (Lipinski definition) is 1. The predicted molar refractivity (Wildman–Crippen MR) is 120 cm³/mol. The quantitative estimate of drug-likeness (QED) is 0.616. The maximum atomic E-state index is 12.5. The third kappa shape index (κ3) is 6.70. The van der Waals surface area contributed by atoms with Crippen molar-refractivity contribution in [1.82, 2.24) is 15.1 Å². The molecule has 1 N–H and O–H groups in total. The molecule has 1 heterocycles. The van der Waals surface area contributed by atoms with Gasteiger partial charge in [-0.2, -0.15) is 0 Å². The Morgan fingerprint density at radius 2 is 1.83 bits per heavy atom. The molecular weight excluding hydrogens is 374 g/mol. The summed E-state index contributed by atoms with van der Waals surface area (Å²) in [6, 6.07) is 18.8. The fourth-order valence-electron chi connectivity index (χ4n) is 3.86. The van der Waals surface area contributed by atoms with E-state index >= 15 is 0 Å². The number of aryl methyl sites for hydroxylation is 1. The van der Waals surface area contributed by atoms with Gasteiger partial charge in [-0.05, 0) is 44.5 Å². The Labute approximate surface area is 180 Å². The average molecular weight is 408 g/mol. The van der Waals surface area contributed by atoms with E-state index < -0.39 is 0 Å². The zero-order valence-electron chi connectivity index (χ0n) is 18.1. The van der Waals surface area contributed by atoms with E-state index in [2.05, 4.69) is 72.7 Å². The van der Waals surface area contributed by atoms with Crippen LogP contribution in [0.25, 0.3) is 0 Å². The highest BCUT2D eigenvalue weighted by atomic mass is 16.2. The summed E-state index contributed by atoms with van der Waals surface area (Å²) in [5, 5.41) is 3.02. The van der Waals surface area contributed by atoms with Crippen LogP contribution < -0.4 is 5.32 Å². The van der Waals surface area contributed by atoms with E-state index in [1.54, 1.807) is 0 Å². The summed E-state index contributed by atoms with van der Waals surface area (Å²) >= 11 is 0. The van der Waals surface area contributed by atoms with Crippen LogP contribution in [0.4, 0.5) is 0 Å². The van der Waals surface area contributed by atoms with Crippen LogP contribution in [0.2, 0.25) is 0 Å². The second kappa shape index (κ2) is 10.9. The molecule has 0 aromatic heterocycles. The molecule has 3 rings (SSSR count). The molecule has 2 aromatic rings. The number of hydrogen-bond acceptors (Lipinski definition) is 3. The topological polar surface area (TPSA) is 52.7 Å². The zero-order chi connectivity index (χ0) is 21.3. The van der Waals surface area contributed by atoms with Gasteiger partial charge in [0.1, 0.15) is 0 Å². The lowest BCUT2D eigenvalue weighted by Crippen LogP contribution is -2.35. The normalized spacial score (nSPS) is 16.3. The number of carbonyl (C=O) groups is 2. The van der Waals surface area contributed by atoms with Gasteiger partial charge < -0.3 is 15.1 Å². The van der Waals surface area contributed by atoms with Crippen molar-refractivity contribution in [3.8, 4) is 0 Å². The summed E-state index contributed by atoms with van der Waals surface area (Å²) < 4.78 is 0. The number of likely N-dealkylation sites (tertiary alicyclic amines) is 1. The van der Waals surface area contributed by atoms with Crippen LogP contribution in [0.3, 0.4) is 0 Å². The van der Waals surface area contributed by atoms with E-state index in [9.17, 15) is 9.59 Å². The second-order valence-corrected chi connectivity index (χ2v) is 8.34. The molecule has 0 radical (unpaired) electrons. The minimum Gasteiger partial charge on any atom is -0.356 e. The maximum absolute atomic E-state index is 12.5. The highest BCUT2D eigenvalue weighted by Crippen LogP contribution is 2.18. The van der Waals surface area contributed by atoms with Crippen molar-refractivity contribution in [3.63, 3.8) is 0 Å². The van der Waals surface area contributed by atoms with Gasteiger partial charge in [-0.15, -0.1) is 0 Å². The Kier molecular flexibility index (Phi) is 8.03. The van der Waals surface area contributed by atoms with Gasteiger partial charge in [-0.1, -0.05) is 60.2 Å². The van der Waals surface area contributed by atoms with Crippen LogP contribution >= 0.6 is 0 Å². The Hall–Kier alpha value is -2.66. The van der Waals surface area contributed by atoms with Gasteiger partial charge in [-0.3, -0.25) is 9.59 Å². The molecule has 160 valence electrons. The number of nitrogens with one attached hydrogen (secondary N) is 1. The predicted octanol–water partition coefficient (Wildman–Crippen LogP) is 3.02. The van der Waals surface area contributed by atoms with Crippen LogP contribution in [-0.4, -0.2) is 54.8 Å². The summed E-state index contributed by atoms with van der Waals surface area (Å²) in [7, 11) is 2.09. The van der Waals surface area contributed by atoms with Crippen molar-refractivity contribution in [3.05, 3.63) is 71.3 Å². The van der Waals surface area contributed by atoms with Crippen LogP contribution in [0.15, 0.2) is 54.6 Å². The van der Waals surface area contributed by atoms with E-state index in [-0.39, 0.29) is 17.7 Å². The summed E-state index contributed by atoms with van der Waals surface area (Å²) in [6.45, 7) is 5.74. The molecular formula is C25H33N3O2. The first-order valence-corrected chi connectivity index (χ1v) is 10.8. The molecule has 0 bridgehead atoms. The van der Waals surface area contributed by atoms with E-state index in [4.69, 9.17) is 0 Å². The lowest BCUT2D eigenvalue weighted by molar-refractivity contribution is -0.129. The van der Waals surface area contributed by atoms with Crippen molar-refractivity contribution in [1.29, 1.82) is 0 Å². The first-order valence-electron chi connectivity index (χ1n) is 10.8. The number of amides is 2. The van der Waals surface area contributed by atoms with Crippen molar-refractivity contribution in [2.75, 3.05) is 33.2 Å². The van der Waals surface area contributed by atoms with Gasteiger partial charge in [-0.25, -0.2) is 0 Å².